The first-order chi connectivity index (χ1) is 8.61. The Hall–Kier alpha value is -0.570. The van der Waals surface area contributed by atoms with Gasteiger partial charge in [0.15, 0.2) is 0 Å². The standard InChI is InChI=1S/C15H23ClN2/c1-11-3-4-13(9-17)10-18(11)12(2)14-5-7-15(16)8-6-14/h5-8,11-13H,3-4,9-10,17H2,1-2H3. The van der Waals surface area contributed by atoms with Gasteiger partial charge in [0.2, 0.25) is 0 Å². The molecule has 0 radical (unpaired) electrons. The van der Waals surface area contributed by atoms with Crippen molar-refractivity contribution in [3.8, 4) is 0 Å². The number of likely N-dealkylation sites (tertiary alicyclic amines) is 1. The lowest BCUT2D eigenvalue weighted by atomic mass is 9.91. The van der Waals surface area contributed by atoms with E-state index < -0.39 is 0 Å². The summed E-state index contributed by atoms with van der Waals surface area (Å²) < 4.78 is 0. The maximum atomic E-state index is 5.95. The van der Waals surface area contributed by atoms with E-state index in [1.807, 2.05) is 12.1 Å². The summed E-state index contributed by atoms with van der Waals surface area (Å²) in [5.41, 5.74) is 7.16. The molecule has 0 aromatic heterocycles. The van der Waals surface area contributed by atoms with E-state index in [1.165, 1.54) is 18.4 Å². The second kappa shape index (κ2) is 6.05. The molecule has 1 fully saturated rings. The monoisotopic (exact) mass is 266 g/mol. The van der Waals surface area contributed by atoms with Crippen molar-refractivity contribution in [3.05, 3.63) is 34.9 Å². The maximum Gasteiger partial charge on any atom is 0.0406 e. The fourth-order valence-corrected chi connectivity index (χ4v) is 3.00. The van der Waals surface area contributed by atoms with E-state index in [9.17, 15) is 0 Å². The van der Waals surface area contributed by atoms with Crippen LogP contribution in [0.15, 0.2) is 24.3 Å². The highest BCUT2D eigenvalue weighted by Gasteiger charge is 2.28. The highest BCUT2D eigenvalue weighted by atomic mass is 35.5. The van der Waals surface area contributed by atoms with E-state index in [1.54, 1.807) is 0 Å². The Morgan fingerprint density at radius 3 is 2.61 bits per heavy atom. The van der Waals surface area contributed by atoms with Crippen LogP contribution in [0.5, 0.6) is 0 Å². The fraction of sp³-hybridized carbons (Fsp3) is 0.600. The van der Waals surface area contributed by atoms with E-state index in [2.05, 4.69) is 30.9 Å². The van der Waals surface area contributed by atoms with Gasteiger partial charge < -0.3 is 5.73 Å². The van der Waals surface area contributed by atoms with Crippen LogP contribution in [-0.4, -0.2) is 24.0 Å². The van der Waals surface area contributed by atoms with Crippen LogP contribution in [0.2, 0.25) is 5.02 Å². The number of piperidine rings is 1. The van der Waals surface area contributed by atoms with Crippen molar-refractivity contribution in [1.29, 1.82) is 0 Å². The van der Waals surface area contributed by atoms with Crippen molar-refractivity contribution in [3.63, 3.8) is 0 Å². The van der Waals surface area contributed by atoms with E-state index in [4.69, 9.17) is 17.3 Å². The normalized spacial score (nSPS) is 27.1. The van der Waals surface area contributed by atoms with Gasteiger partial charge in [-0.2, -0.15) is 0 Å². The molecule has 1 heterocycles. The fourth-order valence-electron chi connectivity index (χ4n) is 2.88. The molecule has 100 valence electrons. The minimum absolute atomic E-state index is 0.437. The molecule has 0 aliphatic carbocycles. The second-order valence-corrected chi connectivity index (χ2v) is 5.89. The van der Waals surface area contributed by atoms with Gasteiger partial charge in [0.05, 0.1) is 0 Å². The van der Waals surface area contributed by atoms with Crippen LogP contribution in [0.3, 0.4) is 0 Å². The summed E-state index contributed by atoms with van der Waals surface area (Å²) in [6.45, 7) is 6.51. The average Bonchev–Trinajstić information content (AvgIpc) is 2.39. The van der Waals surface area contributed by atoms with Gasteiger partial charge in [0, 0.05) is 23.7 Å². The Morgan fingerprint density at radius 1 is 1.33 bits per heavy atom. The molecule has 3 heteroatoms. The van der Waals surface area contributed by atoms with Crippen molar-refractivity contribution < 1.29 is 0 Å². The van der Waals surface area contributed by atoms with Crippen LogP contribution in [0, 0.1) is 5.92 Å². The first-order valence-electron chi connectivity index (χ1n) is 6.83. The van der Waals surface area contributed by atoms with E-state index >= 15 is 0 Å². The lowest BCUT2D eigenvalue weighted by molar-refractivity contribution is 0.0812. The minimum Gasteiger partial charge on any atom is -0.330 e. The largest absolute Gasteiger partial charge is 0.330 e. The quantitative estimate of drug-likeness (QED) is 0.908. The van der Waals surface area contributed by atoms with Crippen molar-refractivity contribution in [1.82, 2.24) is 4.90 Å². The SMILES string of the molecule is CC1CCC(CN)CN1C(C)c1ccc(Cl)cc1. The minimum atomic E-state index is 0.437. The van der Waals surface area contributed by atoms with Gasteiger partial charge >= 0.3 is 0 Å². The van der Waals surface area contributed by atoms with Crippen LogP contribution in [0.4, 0.5) is 0 Å². The van der Waals surface area contributed by atoms with Crippen LogP contribution in [0.1, 0.15) is 38.3 Å². The topological polar surface area (TPSA) is 29.3 Å². The van der Waals surface area contributed by atoms with Crippen LogP contribution < -0.4 is 5.73 Å². The molecule has 1 aliphatic rings. The van der Waals surface area contributed by atoms with E-state index in [0.29, 0.717) is 18.0 Å². The second-order valence-electron chi connectivity index (χ2n) is 5.45. The van der Waals surface area contributed by atoms with Crippen molar-refractivity contribution in [2.45, 2.75) is 38.8 Å². The summed E-state index contributed by atoms with van der Waals surface area (Å²) in [6, 6.07) is 9.28. The third-order valence-corrected chi connectivity index (χ3v) is 4.46. The molecule has 0 spiro atoms. The van der Waals surface area contributed by atoms with Crippen molar-refractivity contribution in [2.75, 3.05) is 13.1 Å². The maximum absolute atomic E-state index is 5.95. The summed E-state index contributed by atoms with van der Waals surface area (Å²) in [6.07, 6.45) is 2.52. The smallest absolute Gasteiger partial charge is 0.0406 e. The molecule has 1 saturated heterocycles. The Bertz CT molecular complexity index is 377. The summed E-state index contributed by atoms with van der Waals surface area (Å²) in [5, 5.41) is 0.803. The first kappa shape index (κ1) is 13.9. The zero-order valence-corrected chi connectivity index (χ0v) is 12.0. The molecule has 3 unspecified atom stereocenters. The third kappa shape index (κ3) is 3.05. The molecule has 3 atom stereocenters. The van der Waals surface area contributed by atoms with Gasteiger partial charge in [-0.15, -0.1) is 0 Å². The molecule has 1 aromatic carbocycles. The van der Waals surface area contributed by atoms with Crippen molar-refractivity contribution >= 4 is 11.6 Å². The number of halogens is 1. The molecule has 18 heavy (non-hydrogen) atoms. The first-order valence-corrected chi connectivity index (χ1v) is 7.21. The number of hydrogen-bond acceptors (Lipinski definition) is 2. The highest BCUT2D eigenvalue weighted by molar-refractivity contribution is 6.30. The molecule has 1 aliphatic heterocycles. The molecule has 1 aromatic rings. The Kier molecular flexibility index (Phi) is 4.66. The van der Waals surface area contributed by atoms with Gasteiger partial charge in [-0.3, -0.25) is 4.90 Å². The van der Waals surface area contributed by atoms with Gasteiger partial charge in [-0.05, 0) is 56.8 Å². The summed E-state index contributed by atoms with van der Waals surface area (Å²) in [4.78, 5) is 2.57. The average molecular weight is 267 g/mol. The third-order valence-electron chi connectivity index (χ3n) is 4.21. The van der Waals surface area contributed by atoms with Crippen LogP contribution in [-0.2, 0) is 0 Å². The van der Waals surface area contributed by atoms with Gasteiger partial charge in [0.1, 0.15) is 0 Å². The number of rotatable bonds is 3. The van der Waals surface area contributed by atoms with Crippen LogP contribution >= 0.6 is 11.6 Å². The summed E-state index contributed by atoms with van der Waals surface area (Å²) in [5.74, 6) is 0.649. The number of hydrogen-bond donors (Lipinski definition) is 1. The molecular formula is C15H23ClN2. The summed E-state index contributed by atoms with van der Waals surface area (Å²) in [7, 11) is 0. The molecule has 0 amide bonds. The molecule has 2 N–H and O–H groups in total. The van der Waals surface area contributed by atoms with Crippen LogP contribution in [0.25, 0.3) is 0 Å². The number of nitrogens with zero attached hydrogens (tertiary/aromatic N) is 1. The molecule has 2 nitrogen and oxygen atoms in total. The van der Waals surface area contributed by atoms with E-state index in [0.717, 1.165) is 18.1 Å². The zero-order valence-electron chi connectivity index (χ0n) is 11.3. The molecule has 0 bridgehead atoms. The number of nitrogens with two attached hydrogens (primary N) is 1. The Morgan fingerprint density at radius 2 is 2.00 bits per heavy atom. The van der Waals surface area contributed by atoms with Crippen molar-refractivity contribution in [2.24, 2.45) is 11.7 Å². The lowest BCUT2D eigenvalue weighted by Crippen LogP contribution is -2.44. The van der Waals surface area contributed by atoms with Gasteiger partial charge in [-0.25, -0.2) is 0 Å². The predicted octanol–water partition coefficient (Wildman–Crippen LogP) is 3.46. The van der Waals surface area contributed by atoms with E-state index in [-0.39, 0.29) is 0 Å². The van der Waals surface area contributed by atoms with Gasteiger partial charge in [0.25, 0.3) is 0 Å². The number of benzene rings is 1. The predicted molar refractivity (Wildman–Crippen MR) is 77.8 cm³/mol. The zero-order chi connectivity index (χ0) is 13.1. The lowest BCUT2D eigenvalue weighted by Gasteiger charge is -2.41. The summed E-state index contributed by atoms with van der Waals surface area (Å²) >= 11 is 5.95. The molecule has 2 rings (SSSR count). The highest BCUT2D eigenvalue weighted by Crippen LogP contribution is 2.30. The molecular weight excluding hydrogens is 244 g/mol. The van der Waals surface area contributed by atoms with Gasteiger partial charge in [-0.1, -0.05) is 23.7 Å². The Balaban J connectivity index is 2.11. The Labute approximate surface area is 115 Å². The molecule has 0 saturated carbocycles.